The van der Waals surface area contributed by atoms with Crippen LogP contribution in [0.3, 0.4) is 0 Å². The maximum Gasteiger partial charge on any atom is 0.311 e. The Morgan fingerprint density at radius 1 is 1.32 bits per heavy atom. The number of rotatable bonds is 5. The summed E-state index contributed by atoms with van der Waals surface area (Å²) in [5.41, 5.74) is 0.913. The van der Waals surface area contributed by atoms with Crippen LogP contribution in [0.1, 0.15) is 31.2 Å². The summed E-state index contributed by atoms with van der Waals surface area (Å²) >= 11 is 0. The molecule has 0 saturated heterocycles. The van der Waals surface area contributed by atoms with Crippen LogP contribution in [-0.2, 0) is 21.7 Å². The van der Waals surface area contributed by atoms with Gasteiger partial charge in [-0.15, -0.1) is 0 Å². The molecule has 0 heterocycles. The zero-order valence-corrected chi connectivity index (χ0v) is 13.3. The number of nitrogens with zero attached hydrogens (tertiary/aromatic N) is 1. The SMILES string of the molecule is COc1ccc(CC(=O)NC2CCCC(N=S(=O)=O)C2)cc1. The average molecular weight is 324 g/mol. The predicted octanol–water partition coefficient (Wildman–Crippen LogP) is 1.73. The number of amides is 1. The third-order valence-electron chi connectivity index (χ3n) is 3.77. The Balaban J connectivity index is 1.86. The molecule has 120 valence electrons. The summed E-state index contributed by atoms with van der Waals surface area (Å²) in [5.74, 6) is 0.700. The standard InChI is InChI=1S/C15H20N2O4S/c1-21-14-7-5-11(6-8-14)9-15(18)16-12-3-2-4-13(10-12)17-22(19)20/h5-8,12-13H,2-4,9-10H2,1H3,(H,16,18). The van der Waals surface area contributed by atoms with Crippen LogP contribution in [0, 0.1) is 0 Å². The van der Waals surface area contributed by atoms with Gasteiger partial charge in [-0.2, -0.15) is 12.8 Å². The molecule has 0 aliphatic heterocycles. The van der Waals surface area contributed by atoms with Gasteiger partial charge in [0.15, 0.2) is 0 Å². The number of benzene rings is 1. The van der Waals surface area contributed by atoms with Crippen molar-refractivity contribution in [3.05, 3.63) is 29.8 Å². The number of carbonyl (C=O) groups is 1. The van der Waals surface area contributed by atoms with Crippen LogP contribution in [0.2, 0.25) is 0 Å². The Labute approximate surface area is 131 Å². The lowest BCUT2D eigenvalue weighted by Gasteiger charge is -2.26. The van der Waals surface area contributed by atoms with Gasteiger partial charge < -0.3 is 10.1 Å². The van der Waals surface area contributed by atoms with E-state index in [1.807, 2.05) is 24.3 Å². The predicted molar refractivity (Wildman–Crippen MR) is 82.2 cm³/mol. The Hall–Kier alpha value is -1.89. The van der Waals surface area contributed by atoms with Crippen LogP contribution < -0.4 is 10.1 Å². The van der Waals surface area contributed by atoms with Crippen LogP contribution in [0.15, 0.2) is 28.6 Å². The quantitative estimate of drug-likeness (QED) is 0.894. The summed E-state index contributed by atoms with van der Waals surface area (Å²) in [5, 5.41) is 2.97. The molecule has 1 amide bonds. The lowest BCUT2D eigenvalue weighted by atomic mass is 9.91. The van der Waals surface area contributed by atoms with E-state index in [-0.39, 0.29) is 18.0 Å². The highest BCUT2D eigenvalue weighted by molar-refractivity contribution is 7.61. The summed E-state index contributed by atoms with van der Waals surface area (Å²) in [6.45, 7) is 0. The van der Waals surface area contributed by atoms with Gasteiger partial charge in [-0.1, -0.05) is 12.1 Å². The first-order valence-corrected chi connectivity index (χ1v) is 8.32. The molecule has 0 aromatic heterocycles. The van der Waals surface area contributed by atoms with Crippen molar-refractivity contribution in [3.63, 3.8) is 0 Å². The Kier molecular flexibility index (Phi) is 5.94. The van der Waals surface area contributed by atoms with Crippen molar-refractivity contribution < 1.29 is 17.9 Å². The summed E-state index contributed by atoms with van der Waals surface area (Å²) in [4.78, 5) is 12.1. The molecule has 1 N–H and O–H groups in total. The second kappa shape index (κ2) is 7.93. The molecule has 6 nitrogen and oxygen atoms in total. The topological polar surface area (TPSA) is 84.8 Å². The largest absolute Gasteiger partial charge is 0.497 e. The summed E-state index contributed by atoms with van der Waals surface area (Å²) in [6, 6.07) is 7.15. The van der Waals surface area contributed by atoms with Gasteiger partial charge in [0, 0.05) is 6.04 Å². The second-order valence-corrected chi connectivity index (χ2v) is 6.08. The third kappa shape index (κ3) is 5.14. The van der Waals surface area contributed by atoms with Crippen LogP contribution in [0.4, 0.5) is 0 Å². The molecule has 2 atom stereocenters. The van der Waals surface area contributed by atoms with Crippen LogP contribution in [-0.4, -0.2) is 33.5 Å². The first-order valence-electron chi connectivity index (χ1n) is 7.29. The van der Waals surface area contributed by atoms with E-state index < -0.39 is 10.5 Å². The number of nitrogens with one attached hydrogen (secondary N) is 1. The second-order valence-electron chi connectivity index (χ2n) is 5.43. The van der Waals surface area contributed by atoms with E-state index in [1.54, 1.807) is 7.11 Å². The highest BCUT2D eigenvalue weighted by Crippen LogP contribution is 2.21. The minimum absolute atomic E-state index is 0.00296. The molecular weight excluding hydrogens is 304 g/mol. The Morgan fingerprint density at radius 3 is 2.68 bits per heavy atom. The van der Waals surface area contributed by atoms with Gasteiger partial charge in [0.25, 0.3) is 0 Å². The lowest BCUT2D eigenvalue weighted by Crippen LogP contribution is -2.40. The van der Waals surface area contributed by atoms with Gasteiger partial charge >= 0.3 is 10.5 Å². The molecule has 1 aliphatic rings. The minimum Gasteiger partial charge on any atom is -0.497 e. The van der Waals surface area contributed by atoms with Gasteiger partial charge in [0.2, 0.25) is 5.91 Å². The number of hydrogen-bond acceptors (Lipinski definition) is 5. The van der Waals surface area contributed by atoms with Crippen LogP contribution >= 0.6 is 0 Å². The first kappa shape index (κ1) is 16.5. The van der Waals surface area contributed by atoms with Crippen molar-refractivity contribution in [3.8, 4) is 5.75 Å². The fourth-order valence-corrected chi connectivity index (χ4v) is 3.15. The van der Waals surface area contributed by atoms with E-state index >= 15 is 0 Å². The molecule has 1 aromatic carbocycles. The van der Waals surface area contributed by atoms with E-state index in [2.05, 4.69) is 9.68 Å². The molecule has 1 aliphatic carbocycles. The molecule has 0 radical (unpaired) electrons. The van der Waals surface area contributed by atoms with Crippen molar-refractivity contribution in [2.75, 3.05) is 7.11 Å². The van der Waals surface area contributed by atoms with Crippen LogP contribution in [0.5, 0.6) is 5.75 Å². The molecule has 2 rings (SSSR count). The summed E-state index contributed by atoms with van der Waals surface area (Å²) in [7, 11) is -0.777. The van der Waals surface area contributed by atoms with Gasteiger partial charge in [-0.3, -0.25) is 4.79 Å². The van der Waals surface area contributed by atoms with E-state index in [4.69, 9.17) is 4.74 Å². The van der Waals surface area contributed by atoms with E-state index in [0.29, 0.717) is 12.8 Å². The van der Waals surface area contributed by atoms with Crippen LogP contribution in [0.25, 0.3) is 0 Å². The molecule has 0 bridgehead atoms. The van der Waals surface area contributed by atoms with Crippen molar-refractivity contribution in [1.29, 1.82) is 0 Å². The van der Waals surface area contributed by atoms with Gasteiger partial charge in [-0.05, 0) is 43.4 Å². The zero-order chi connectivity index (χ0) is 15.9. The zero-order valence-electron chi connectivity index (χ0n) is 12.5. The number of methoxy groups -OCH3 is 1. The molecule has 1 aromatic rings. The van der Waals surface area contributed by atoms with Gasteiger partial charge in [0.05, 0.1) is 19.6 Å². The maximum atomic E-state index is 12.1. The monoisotopic (exact) mass is 324 g/mol. The molecule has 7 heteroatoms. The van der Waals surface area contributed by atoms with Crippen molar-refractivity contribution >= 4 is 16.4 Å². The summed E-state index contributed by atoms with van der Waals surface area (Å²) in [6.07, 6.45) is 3.39. The molecule has 22 heavy (non-hydrogen) atoms. The molecule has 0 spiro atoms. The normalized spacial score (nSPS) is 21.0. The number of ether oxygens (including phenoxy) is 1. The summed E-state index contributed by atoms with van der Waals surface area (Å²) < 4.78 is 30.0. The smallest absolute Gasteiger partial charge is 0.311 e. The Bertz CT molecular complexity index is 632. The maximum absolute atomic E-state index is 12.1. The highest BCUT2D eigenvalue weighted by Gasteiger charge is 2.23. The molecule has 2 unspecified atom stereocenters. The highest BCUT2D eigenvalue weighted by atomic mass is 32.2. The van der Waals surface area contributed by atoms with Gasteiger partial charge in [-0.25, -0.2) is 0 Å². The number of hydrogen-bond donors (Lipinski definition) is 1. The average Bonchev–Trinajstić information content (AvgIpc) is 2.47. The molecule has 1 saturated carbocycles. The fourth-order valence-electron chi connectivity index (χ4n) is 2.72. The van der Waals surface area contributed by atoms with E-state index in [0.717, 1.165) is 30.6 Å². The Morgan fingerprint density at radius 2 is 2.05 bits per heavy atom. The minimum atomic E-state index is -2.38. The molecule has 1 fully saturated rings. The number of carbonyl (C=O) groups excluding carboxylic acids is 1. The van der Waals surface area contributed by atoms with Crippen molar-refractivity contribution in [2.45, 2.75) is 44.2 Å². The van der Waals surface area contributed by atoms with Gasteiger partial charge in [0.1, 0.15) is 5.75 Å². The first-order chi connectivity index (χ1) is 10.6. The lowest BCUT2D eigenvalue weighted by molar-refractivity contribution is -0.121. The fraction of sp³-hybridized carbons (Fsp3) is 0.533. The van der Waals surface area contributed by atoms with E-state index in [9.17, 15) is 13.2 Å². The van der Waals surface area contributed by atoms with Crippen molar-refractivity contribution in [1.82, 2.24) is 5.32 Å². The third-order valence-corrected chi connectivity index (χ3v) is 4.24. The van der Waals surface area contributed by atoms with Crippen molar-refractivity contribution in [2.24, 2.45) is 4.36 Å². The van der Waals surface area contributed by atoms with E-state index in [1.165, 1.54) is 0 Å². The molecular formula is C15H20N2O4S.